The number of thiocarbonyl (C=S) groups is 1. The lowest BCUT2D eigenvalue weighted by Gasteiger charge is -2.55. The van der Waals surface area contributed by atoms with E-state index in [1.165, 1.54) is 0 Å². The number of rotatable bonds is 3. The van der Waals surface area contributed by atoms with Crippen molar-refractivity contribution in [2.75, 3.05) is 11.5 Å². The van der Waals surface area contributed by atoms with Crippen molar-refractivity contribution in [3.05, 3.63) is 58.1 Å². The van der Waals surface area contributed by atoms with Crippen LogP contribution in [0.15, 0.2) is 42.5 Å². The van der Waals surface area contributed by atoms with Gasteiger partial charge in [-0.25, -0.2) is 0 Å². The number of benzene rings is 2. The first-order valence-corrected chi connectivity index (χ1v) is 10.0. The molecule has 0 radical (unpaired) electrons. The van der Waals surface area contributed by atoms with Crippen LogP contribution in [-0.4, -0.2) is 23.4 Å². The van der Waals surface area contributed by atoms with Crippen molar-refractivity contribution in [1.82, 2.24) is 5.32 Å². The zero-order valence-corrected chi connectivity index (χ0v) is 17.6. The van der Waals surface area contributed by atoms with Gasteiger partial charge in [0.1, 0.15) is 11.7 Å². The van der Waals surface area contributed by atoms with E-state index in [9.17, 15) is 4.79 Å². The highest BCUT2D eigenvalue weighted by Crippen LogP contribution is 2.50. The summed E-state index contributed by atoms with van der Waals surface area (Å²) in [6.07, 6.45) is 0. The molecular weight excluding hydrogens is 419 g/mol. The second kappa shape index (κ2) is 7.10. The van der Waals surface area contributed by atoms with Crippen molar-refractivity contribution < 1.29 is 14.3 Å². The number of hydrogen-bond acceptors (Lipinski definition) is 4. The van der Waals surface area contributed by atoms with Crippen LogP contribution in [0.3, 0.4) is 0 Å². The van der Waals surface area contributed by atoms with Gasteiger partial charge in [-0.05, 0) is 68.5 Å². The first kappa shape index (κ1) is 19.3. The number of hydrogen-bond donors (Lipinski definition) is 1. The molecule has 2 heterocycles. The Balaban J connectivity index is 1.89. The Hall–Kier alpha value is -2.02. The van der Waals surface area contributed by atoms with Crippen molar-refractivity contribution in [1.29, 1.82) is 0 Å². The zero-order chi connectivity index (χ0) is 20.1. The Morgan fingerprint density at radius 1 is 1.25 bits per heavy atom. The molecule has 28 heavy (non-hydrogen) atoms. The number of ether oxygens (including phenoxy) is 2. The first-order chi connectivity index (χ1) is 13.3. The summed E-state index contributed by atoms with van der Waals surface area (Å²) in [5, 5.41) is 4.90. The van der Waals surface area contributed by atoms with Crippen LogP contribution in [0.25, 0.3) is 0 Å². The molecule has 1 saturated heterocycles. The van der Waals surface area contributed by atoms with Gasteiger partial charge in [0.25, 0.3) is 0 Å². The van der Waals surface area contributed by atoms with Crippen molar-refractivity contribution in [3.8, 4) is 5.75 Å². The molecule has 146 valence electrons. The average molecular weight is 437 g/mol. The van der Waals surface area contributed by atoms with Gasteiger partial charge < -0.3 is 14.8 Å². The minimum absolute atomic E-state index is 0.270. The average Bonchev–Trinajstić information content (AvgIpc) is 2.63. The van der Waals surface area contributed by atoms with Crippen molar-refractivity contribution >= 4 is 52.2 Å². The molecule has 2 aliphatic heterocycles. The lowest BCUT2D eigenvalue weighted by atomic mass is 9.79. The predicted octanol–water partition coefficient (Wildman–Crippen LogP) is 4.72. The third-order valence-electron chi connectivity index (χ3n) is 5.09. The van der Waals surface area contributed by atoms with Crippen LogP contribution < -0.4 is 15.0 Å². The highest BCUT2D eigenvalue weighted by Gasteiger charge is 2.59. The largest absolute Gasteiger partial charge is 0.466 e. The molecule has 1 fully saturated rings. The maximum absolute atomic E-state index is 13.0. The van der Waals surface area contributed by atoms with Gasteiger partial charge in [-0.15, -0.1) is 0 Å². The summed E-state index contributed by atoms with van der Waals surface area (Å²) in [5.41, 5.74) is 0.448. The molecule has 0 aromatic heterocycles. The normalized spacial score (nSPS) is 25.4. The number of halogens is 2. The van der Waals surface area contributed by atoms with E-state index in [1.54, 1.807) is 42.2 Å². The predicted molar refractivity (Wildman–Crippen MR) is 113 cm³/mol. The summed E-state index contributed by atoms with van der Waals surface area (Å²) >= 11 is 17.9. The standard InChI is InChI=1S/C20H18Cl2N2O3S/c1-3-26-18(25)16-17-14-10-12(22)6-9-15(14)27-20(16,2)24(19(28)23-17)13-7-4-11(21)5-8-13/h4-10,16-17H,3H2,1-2H3,(H,23,28). The molecule has 2 aromatic rings. The molecule has 2 aromatic carbocycles. The highest BCUT2D eigenvalue weighted by molar-refractivity contribution is 7.80. The summed E-state index contributed by atoms with van der Waals surface area (Å²) in [6, 6.07) is 12.2. The smallest absolute Gasteiger partial charge is 0.317 e. The Morgan fingerprint density at radius 3 is 2.61 bits per heavy atom. The van der Waals surface area contributed by atoms with E-state index in [0.29, 0.717) is 20.9 Å². The monoisotopic (exact) mass is 436 g/mol. The van der Waals surface area contributed by atoms with E-state index in [0.717, 1.165) is 11.3 Å². The Morgan fingerprint density at radius 2 is 1.93 bits per heavy atom. The minimum Gasteiger partial charge on any atom is -0.466 e. The third-order valence-corrected chi connectivity index (χ3v) is 5.87. The first-order valence-electron chi connectivity index (χ1n) is 8.86. The fourth-order valence-electron chi connectivity index (χ4n) is 3.93. The minimum atomic E-state index is -1.09. The van der Waals surface area contributed by atoms with Gasteiger partial charge in [0, 0.05) is 21.3 Å². The second-order valence-corrected chi connectivity index (χ2v) is 8.07. The van der Waals surface area contributed by atoms with E-state index in [4.69, 9.17) is 44.9 Å². The van der Waals surface area contributed by atoms with Crippen LogP contribution in [-0.2, 0) is 9.53 Å². The Kier molecular flexibility index (Phi) is 4.89. The molecule has 3 atom stereocenters. The molecule has 5 nitrogen and oxygen atoms in total. The summed E-state index contributed by atoms with van der Waals surface area (Å²) < 4.78 is 11.8. The molecule has 2 bridgehead atoms. The fraction of sp³-hybridized carbons (Fsp3) is 0.300. The second-order valence-electron chi connectivity index (χ2n) is 6.81. The van der Waals surface area contributed by atoms with Gasteiger partial charge in [0.05, 0.1) is 12.6 Å². The Bertz CT molecular complexity index is 953. The molecule has 0 aliphatic carbocycles. The topological polar surface area (TPSA) is 50.8 Å². The molecule has 0 amide bonds. The van der Waals surface area contributed by atoms with Crippen molar-refractivity contribution in [2.45, 2.75) is 25.6 Å². The molecule has 2 aliphatic rings. The number of carbonyl (C=O) groups excluding carboxylic acids is 1. The van der Waals surface area contributed by atoms with Crippen LogP contribution in [0, 0.1) is 5.92 Å². The number of esters is 1. The molecule has 3 unspecified atom stereocenters. The number of fused-ring (bicyclic) bond motifs is 4. The maximum atomic E-state index is 13.0. The highest BCUT2D eigenvalue weighted by atomic mass is 35.5. The molecule has 0 spiro atoms. The fourth-order valence-corrected chi connectivity index (χ4v) is 4.65. The van der Waals surface area contributed by atoms with Gasteiger partial charge in [-0.2, -0.15) is 0 Å². The quantitative estimate of drug-likeness (QED) is 0.554. The lowest BCUT2D eigenvalue weighted by Crippen LogP contribution is -2.71. The summed E-state index contributed by atoms with van der Waals surface area (Å²) in [4.78, 5) is 14.8. The van der Waals surface area contributed by atoms with Gasteiger partial charge in [-0.1, -0.05) is 23.2 Å². The van der Waals surface area contributed by atoms with E-state index >= 15 is 0 Å². The van der Waals surface area contributed by atoms with E-state index in [1.807, 2.05) is 19.1 Å². The summed E-state index contributed by atoms with van der Waals surface area (Å²) in [6.45, 7) is 3.90. The van der Waals surface area contributed by atoms with Gasteiger partial charge >= 0.3 is 5.97 Å². The number of anilines is 1. The van der Waals surface area contributed by atoms with Crippen LogP contribution in [0.4, 0.5) is 5.69 Å². The lowest BCUT2D eigenvalue weighted by molar-refractivity contribution is -0.159. The summed E-state index contributed by atoms with van der Waals surface area (Å²) in [7, 11) is 0. The number of nitrogens with one attached hydrogen (secondary N) is 1. The third kappa shape index (κ3) is 3.00. The van der Waals surface area contributed by atoms with Crippen molar-refractivity contribution in [3.63, 3.8) is 0 Å². The van der Waals surface area contributed by atoms with Crippen LogP contribution in [0.2, 0.25) is 10.0 Å². The zero-order valence-electron chi connectivity index (χ0n) is 15.2. The summed E-state index contributed by atoms with van der Waals surface area (Å²) in [5.74, 6) is -0.387. The van der Waals surface area contributed by atoms with Crippen LogP contribution in [0.1, 0.15) is 25.5 Å². The number of carbonyl (C=O) groups is 1. The maximum Gasteiger partial charge on any atom is 0.317 e. The van der Waals surface area contributed by atoms with Gasteiger partial charge in [0.15, 0.2) is 5.11 Å². The molecule has 4 rings (SSSR count). The number of nitrogens with zero attached hydrogens (tertiary/aromatic N) is 1. The van der Waals surface area contributed by atoms with Crippen molar-refractivity contribution in [2.24, 2.45) is 5.92 Å². The van der Waals surface area contributed by atoms with Gasteiger partial charge in [-0.3, -0.25) is 9.69 Å². The van der Waals surface area contributed by atoms with E-state index in [-0.39, 0.29) is 12.6 Å². The Labute approximate surface area is 178 Å². The molecular formula is C20H18Cl2N2O3S. The van der Waals surface area contributed by atoms with Crippen LogP contribution >= 0.6 is 35.4 Å². The molecule has 0 saturated carbocycles. The van der Waals surface area contributed by atoms with Gasteiger partial charge in [0.2, 0.25) is 5.72 Å². The molecule has 1 N–H and O–H groups in total. The van der Waals surface area contributed by atoms with Crippen LogP contribution in [0.5, 0.6) is 5.75 Å². The molecule has 8 heteroatoms. The van der Waals surface area contributed by atoms with E-state index < -0.39 is 17.7 Å². The SMILES string of the molecule is CCOC(=O)C1C2NC(=S)N(c3ccc(Cl)cc3)C1(C)Oc1ccc(Cl)cc12. The van der Waals surface area contributed by atoms with E-state index in [2.05, 4.69) is 5.32 Å².